The van der Waals surface area contributed by atoms with Crippen LogP contribution in [0, 0.1) is 0 Å². The third-order valence-corrected chi connectivity index (χ3v) is 2.70. The highest BCUT2D eigenvalue weighted by Crippen LogP contribution is 2.27. The molecular weight excluding hydrogens is 256 g/mol. The smallest absolute Gasteiger partial charge is 0.189 e. The summed E-state index contributed by atoms with van der Waals surface area (Å²) < 4.78 is 6.87. The molecule has 0 saturated heterocycles. The fraction of sp³-hybridized carbons (Fsp3) is 0.200. The molecular formula is C15H16N2O3. The van der Waals surface area contributed by atoms with Crippen molar-refractivity contribution < 1.29 is 14.6 Å². The highest BCUT2D eigenvalue weighted by atomic mass is 16.5. The minimum absolute atomic E-state index is 0.0857. The van der Waals surface area contributed by atoms with E-state index in [0.717, 1.165) is 5.56 Å². The van der Waals surface area contributed by atoms with Gasteiger partial charge in [-0.2, -0.15) is 5.10 Å². The number of rotatable bonds is 5. The molecule has 0 atom stereocenters. The van der Waals surface area contributed by atoms with Crippen molar-refractivity contribution in [3.63, 3.8) is 0 Å². The first-order valence-corrected chi connectivity index (χ1v) is 6.27. The summed E-state index contributed by atoms with van der Waals surface area (Å²) >= 11 is 0. The van der Waals surface area contributed by atoms with Crippen molar-refractivity contribution in [2.45, 2.75) is 6.92 Å². The Kier molecular flexibility index (Phi) is 4.20. The average molecular weight is 272 g/mol. The Morgan fingerprint density at radius 3 is 2.95 bits per heavy atom. The van der Waals surface area contributed by atoms with Crippen LogP contribution in [-0.4, -0.2) is 27.3 Å². The molecule has 0 fully saturated rings. The van der Waals surface area contributed by atoms with Gasteiger partial charge in [-0.05, 0) is 30.7 Å². The highest BCUT2D eigenvalue weighted by Gasteiger charge is 2.05. The Hall–Kier alpha value is -2.56. The lowest BCUT2D eigenvalue weighted by atomic mass is 10.1. The van der Waals surface area contributed by atoms with Gasteiger partial charge in [-0.15, -0.1) is 0 Å². The number of hydrogen-bond donors (Lipinski definition) is 1. The van der Waals surface area contributed by atoms with Crippen LogP contribution in [0.4, 0.5) is 0 Å². The van der Waals surface area contributed by atoms with Crippen molar-refractivity contribution in [3.05, 3.63) is 47.8 Å². The Labute approximate surface area is 117 Å². The summed E-state index contributed by atoms with van der Waals surface area (Å²) in [6.07, 6.45) is 6.33. The summed E-state index contributed by atoms with van der Waals surface area (Å²) in [4.78, 5) is 11.9. The van der Waals surface area contributed by atoms with Crippen molar-refractivity contribution in [2.24, 2.45) is 7.05 Å². The molecule has 0 aliphatic carbocycles. The third-order valence-electron chi connectivity index (χ3n) is 2.70. The van der Waals surface area contributed by atoms with E-state index in [4.69, 9.17) is 4.74 Å². The second-order valence-electron chi connectivity index (χ2n) is 4.26. The molecule has 5 heteroatoms. The van der Waals surface area contributed by atoms with Crippen molar-refractivity contribution in [3.8, 4) is 11.5 Å². The van der Waals surface area contributed by atoms with Crippen molar-refractivity contribution >= 4 is 11.9 Å². The number of aryl methyl sites for hydroxylation is 1. The lowest BCUT2D eigenvalue weighted by molar-refractivity contribution is 0.104. The Morgan fingerprint density at radius 1 is 1.50 bits per heavy atom. The molecule has 0 spiro atoms. The number of aromatic nitrogens is 2. The largest absolute Gasteiger partial charge is 0.504 e. The first kappa shape index (κ1) is 13.9. The fourth-order valence-corrected chi connectivity index (χ4v) is 1.72. The molecule has 1 aromatic heterocycles. The summed E-state index contributed by atoms with van der Waals surface area (Å²) in [5.74, 6) is 0.371. The molecule has 2 rings (SSSR count). The van der Waals surface area contributed by atoms with Gasteiger partial charge in [0.15, 0.2) is 17.3 Å². The zero-order chi connectivity index (χ0) is 14.5. The van der Waals surface area contributed by atoms with Crippen LogP contribution in [0.2, 0.25) is 0 Å². The van der Waals surface area contributed by atoms with Crippen LogP contribution >= 0.6 is 0 Å². The molecule has 5 nitrogen and oxygen atoms in total. The van der Waals surface area contributed by atoms with Gasteiger partial charge in [-0.3, -0.25) is 9.48 Å². The minimum atomic E-state index is -0.121. The number of allylic oxidation sites excluding steroid dienone is 1. The second-order valence-corrected chi connectivity index (χ2v) is 4.26. The Balaban J connectivity index is 2.15. The molecule has 1 N–H and O–H groups in total. The Bertz CT molecular complexity index is 644. The van der Waals surface area contributed by atoms with Gasteiger partial charge in [0, 0.05) is 13.2 Å². The molecule has 1 heterocycles. The molecule has 104 valence electrons. The number of phenolic OH excluding ortho intramolecular Hbond substituents is 1. The van der Waals surface area contributed by atoms with Crippen LogP contribution < -0.4 is 4.74 Å². The van der Waals surface area contributed by atoms with Crippen molar-refractivity contribution in [1.82, 2.24) is 9.78 Å². The van der Waals surface area contributed by atoms with E-state index in [1.165, 1.54) is 12.3 Å². The zero-order valence-electron chi connectivity index (χ0n) is 11.4. The molecule has 1 aromatic carbocycles. The van der Waals surface area contributed by atoms with Gasteiger partial charge >= 0.3 is 0 Å². The summed E-state index contributed by atoms with van der Waals surface area (Å²) in [6, 6.07) is 4.94. The van der Waals surface area contributed by atoms with Gasteiger partial charge in [0.05, 0.1) is 18.4 Å². The number of aromatic hydroxyl groups is 1. The number of carbonyl (C=O) groups excluding carboxylic acids is 1. The lowest BCUT2D eigenvalue weighted by Gasteiger charge is -2.06. The SMILES string of the molecule is CCOc1cc(C=CC(=O)c2cnn(C)c2)ccc1O. The monoisotopic (exact) mass is 272 g/mol. The molecule has 0 bridgehead atoms. The average Bonchev–Trinajstić information content (AvgIpc) is 2.86. The quantitative estimate of drug-likeness (QED) is 0.670. The standard InChI is InChI=1S/C15H16N2O3/c1-3-20-15-8-11(5-7-14(15)19)4-6-13(18)12-9-16-17(2)10-12/h4-10,19H,3H2,1-2H3. The zero-order valence-corrected chi connectivity index (χ0v) is 11.4. The summed E-state index contributed by atoms with van der Waals surface area (Å²) in [7, 11) is 1.76. The van der Waals surface area contributed by atoms with E-state index < -0.39 is 0 Å². The van der Waals surface area contributed by atoms with E-state index in [9.17, 15) is 9.90 Å². The molecule has 0 amide bonds. The van der Waals surface area contributed by atoms with E-state index in [-0.39, 0.29) is 11.5 Å². The van der Waals surface area contributed by atoms with Crippen LogP contribution in [0.25, 0.3) is 6.08 Å². The molecule has 0 aliphatic rings. The second kappa shape index (κ2) is 6.06. The minimum Gasteiger partial charge on any atom is -0.504 e. The lowest BCUT2D eigenvalue weighted by Crippen LogP contribution is -1.93. The number of benzene rings is 1. The summed E-state index contributed by atoms with van der Waals surface area (Å²) in [5, 5.41) is 13.5. The van der Waals surface area contributed by atoms with Crippen molar-refractivity contribution in [1.29, 1.82) is 0 Å². The number of phenols is 1. The van der Waals surface area contributed by atoms with Gasteiger partial charge in [-0.25, -0.2) is 0 Å². The van der Waals surface area contributed by atoms with Gasteiger partial charge in [0.1, 0.15) is 0 Å². The predicted molar refractivity (Wildman–Crippen MR) is 75.8 cm³/mol. The molecule has 0 radical (unpaired) electrons. The first-order valence-electron chi connectivity index (χ1n) is 6.27. The third kappa shape index (κ3) is 3.26. The van der Waals surface area contributed by atoms with Gasteiger partial charge < -0.3 is 9.84 Å². The van der Waals surface area contributed by atoms with E-state index in [1.807, 2.05) is 6.92 Å². The predicted octanol–water partition coefficient (Wildman–Crippen LogP) is 2.42. The van der Waals surface area contributed by atoms with E-state index in [2.05, 4.69) is 5.10 Å². The van der Waals surface area contributed by atoms with Gasteiger partial charge in [-0.1, -0.05) is 12.1 Å². The van der Waals surface area contributed by atoms with Gasteiger partial charge in [0.25, 0.3) is 0 Å². The van der Waals surface area contributed by atoms with Gasteiger partial charge in [0.2, 0.25) is 0 Å². The molecule has 0 aliphatic heterocycles. The Morgan fingerprint density at radius 2 is 2.30 bits per heavy atom. The van der Waals surface area contributed by atoms with Crippen LogP contribution in [0.5, 0.6) is 11.5 Å². The van der Waals surface area contributed by atoms with Crippen molar-refractivity contribution in [2.75, 3.05) is 6.61 Å². The first-order chi connectivity index (χ1) is 9.60. The number of ether oxygens (including phenoxy) is 1. The molecule has 2 aromatic rings. The number of hydrogen-bond acceptors (Lipinski definition) is 4. The van der Waals surface area contributed by atoms with E-state index >= 15 is 0 Å². The maximum absolute atomic E-state index is 11.9. The summed E-state index contributed by atoms with van der Waals surface area (Å²) in [6.45, 7) is 2.31. The van der Waals surface area contributed by atoms with E-state index in [0.29, 0.717) is 17.9 Å². The number of carbonyl (C=O) groups is 1. The fourth-order valence-electron chi connectivity index (χ4n) is 1.72. The van der Waals surface area contributed by atoms with Crippen LogP contribution in [0.15, 0.2) is 36.7 Å². The topological polar surface area (TPSA) is 64.3 Å². The van der Waals surface area contributed by atoms with Crippen LogP contribution in [0.1, 0.15) is 22.8 Å². The maximum Gasteiger partial charge on any atom is 0.189 e. The number of ketones is 1. The maximum atomic E-state index is 11.9. The number of nitrogens with zero attached hydrogens (tertiary/aromatic N) is 2. The van der Waals surface area contributed by atoms with E-state index in [1.54, 1.807) is 42.2 Å². The highest BCUT2D eigenvalue weighted by molar-refractivity contribution is 6.06. The van der Waals surface area contributed by atoms with Crippen LogP contribution in [-0.2, 0) is 7.05 Å². The molecule has 20 heavy (non-hydrogen) atoms. The molecule has 0 saturated carbocycles. The normalized spacial score (nSPS) is 10.9. The molecule has 0 unspecified atom stereocenters. The summed E-state index contributed by atoms with van der Waals surface area (Å²) in [5.41, 5.74) is 1.32. The van der Waals surface area contributed by atoms with Crippen LogP contribution in [0.3, 0.4) is 0 Å².